The Morgan fingerprint density at radius 3 is 1.41 bits per heavy atom. The number of ether oxygens (including phenoxy) is 2. The van der Waals surface area contributed by atoms with Crippen LogP contribution in [0.3, 0.4) is 0 Å². The van der Waals surface area contributed by atoms with Crippen LogP contribution in [-0.2, 0) is 4.79 Å². The summed E-state index contributed by atoms with van der Waals surface area (Å²) in [5.74, 6) is -25.4. The first-order chi connectivity index (χ1) is 12.5. The fraction of sp³-hybridized carbons (Fsp3) is 0. The van der Waals surface area contributed by atoms with Crippen molar-refractivity contribution in [1.82, 2.24) is 0 Å². The second kappa shape index (κ2) is 7.55. The van der Waals surface area contributed by atoms with Gasteiger partial charge in [0.1, 0.15) is 0 Å². The first kappa shape index (κ1) is 20.7. The molecule has 2 aromatic rings. The smallest absolute Gasteiger partial charge is 0.335 e. The lowest BCUT2D eigenvalue weighted by molar-refractivity contribution is -0.129. The lowest BCUT2D eigenvalue weighted by Gasteiger charge is -2.14. The molecule has 0 N–H and O–H groups in total. The average molecular weight is 463 g/mol. The third-order valence-electron chi connectivity index (χ3n) is 2.93. The predicted molar refractivity (Wildman–Crippen MR) is 76.2 cm³/mol. The fourth-order valence-corrected chi connectivity index (χ4v) is 2.04. The molecule has 0 heterocycles. The van der Waals surface area contributed by atoms with Gasteiger partial charge in [-0.2, -0.15) is 26.3 Å². The number of hydrogen-bond donors (Lipinski definition) is 0. The summed E-state index contributed by atoms with van der Waals surface area (Å²) in [6.45, 7) is 2.89. The zero-order valence-electron chi connectivity index (χ0n) is 12.4. The van der Waals surface area contributed by atoms with E-state index in [2.05, 4.69) is 32.0 Å². The van der Waals surface area contributed by atoms with E-state index in [0.717, 1.165) is 0 Å². The highest BCUT2D eigenvalue weighted by atomic mass is 79.9. The van der Waals surface area contributed by atoms with Crippen LogP contribution in [0.1, 0.15) is 0 Å². The van der Waals surface area contributed by atoms with Crippen molar-refractivity contribution in [2.75, 3.05) is 0 Å². The fourth-order valence-electron chi connectivity index (χ4n) is 1.69. The van der Waals surface area contributed by atoms with E-state index in [9.17, 15) is 39.9 Å². The van der Waals surface area contributed by atoms with Gasteiger partial charge in [-0.25, -0.2) is 13.6 Å². The Morgan fingerprint density at radius 1 is 0.704 bits per heavy atom. The largest absolute Gasteiger partial charge is 0.444 e. The molecule has 2 rings (SSSR count). The van der Waals surface area contributed by atoms with Gasteiger partial charge in [-0.15, -0.1) is 0 Å². The second-order valence-electron chi connectivity index (χ2n) is 4.54. The summed E-state index contributed by atoms with van der Waals surface area (Å²) in [6, 6.07) is 0. The summed E-state index contributed by atoms with van der Waals surface area (Å²) >= 11 is 2.18. The van der Waals surface area contributed by atoms with Crippen molar-refractivity contribution in [2.45, 2.75) is 0 Å². The Bertz CT molecular complexity index is 919. The van der Waals surface area contributed by atoms with E-state index in [1.54, 1.807) is 0 Å². The summed E-state index contributed by atoms with van der Waals surface area (Å²) in [7, 11) is 0. The quantitative estimate of drug-likeness (QED) is 0.151. The standard InChI is InChI=1S/C15H3BrF8O3/c1-2-3(25)26-13-9(21)11(23)15(12(24)10(13)22)27-14-7(19)5(17)4(16)6(18)8(14)20/h2H,1H2. The minimum absolute atomic E-state index is 0.414. The van der Waals surface area contributed by atoms with Crippen LogP contribution in [-0.4, -0.2) is 5.97 Å². The van der Waals surface area contributed by atoms with Crippen molar-refractivity contribution in [1.29, 1.82) is 0 Å². The topological polar surface area (TPSA) is 35.5 Å². The molecule has 0 aromatic heterocycles. The highest BCUT2D eigenvalue weighted by Gasteiger charge is 2.32. The normalized spacial score (nSPS) is 10.7. The Morgan fingerprint density at radius 2 is 1.04 bits per heavy atom. The Kier molecular flexibility index (Phi) is 5.78. The van der Waals surface area contributed by atoms with Gasteiger partial charge in [-0.05, 0) is 15.9 Å². The zero-order valence-corrected chi connectivity index (χ0v) is 14.0. The molecular weight excluding hydrogens is 460 g/mol. The SMILES string of the molecule is C=CC(=O)Oc1c(F)c(F)c(Oc2c(F)c(F)c(Br)c(F)c2F)c(F)c1F. The van der Waals surface area contributed by atoms with Gasteiger partial charge in [0, 0.05) is 6.08 Å². The van der Waals surface area contributed by atoms with Gasteiger partial charge >= 0.3 is 5.97 Å². The molecule has 0 radical (unpaired) electrons. The van der Waals surface area contributed by atoms with Gasteiger partial charge in [0.15, 0.2) is 11.6 Å². The average Bonchev–Trinajstić information content (AvgIpc) is 2.65. The maximum Gasteiger partial charge on any atom is 0.335 e. The van der Waals surface area contributed by atoms with Gasteiger partial charge in [-0.1, -0.05) is 6.58 Å². The third kappa shape index (κ3) is 3.48. The number of rotatable bonds is 4. The molecule has 0 atom stereocenters. The van der Waals surface area contributed by atoms with Crippen LogP contribution in [0.25, 0.3) is 0 Å². The van der Waals surface area contributed by atoms with Gasteiger partial charge in [0.25, 0.3) is 0 Å². The summed E-state index contributed by atoms with van der Waals surface area (Å²) in [5, 5.41) is 0. The molecule has 0 saturated heterocycles. The van der Waals surface area contributed by atoms with Crippen LogP contribution >= 0.6 is 15.9 Å². The first-order valence-corrected chi connectivity index (χ1v) is 7.21. The minimum Gasteiger partial charge on any atom is -0.444 e. The number of halogens is 9. The molecule has 3 nitrogen and oxygen atoms in total. The van der Waals surface area contributed by atoms with E-state index in [-0.39, 0.29) is 0 Å². The van der Waals surface area contributed by atoms with Crippen LogP contribution in [0.5, 0.6) is 17.2 Å². The predicted octanol–water partition coefficient (Wildman–Crippen LogP) is 5.45. The Labute approximate surface area is 152 Å². The summed E-state index contributed by atoms with van der Waals surface area (Å²) in [5.41, 5.74) is 0. The number of carbonyl (C=O) groups excluding carboxylic acids is 1. The van der Waals surface area contributed by atoms with Gasteiger partial charge in [0.05, 0.1) is 4.47 Å². The summed E-state index contributed by atoms with van der Waals surface area (Å²) < 4.78 is 116. The van der Waals surface area contributed by atoms with Crippen LogP contribution in [0, 0.1) is 46.5 Å². The highest BCUT2D eigenvalue weighted by molar-refractivity contribution is 9.10. The van der Waals surface area contributed by atoms with E-state index < -0.39 is 74.2 Å². The number of benzene rings is 2. The number of hydrogen-bond acceptors (Lipinski definition) is 3. The van der Waals surface area contributed by atoms with Crippen LogP contribution in [0.2, 0.25) is 0 Å². The maximum atomic E-state index is 13.9. The Hall–Kier alpha value is -2.63. The van der Waals surface area contributed by atoms with Crippen LogP contribution < -0.4 is 9.47 Å². The molecule has 0 fully saturated rings. The molecule has 0 amide bonds. The van der Waals surface area contributed by atoms with E-state index in [0.29, 0.717) is 6.08 Å². The zero-order chi connectivity index (χ0) is 20.6. The molecular formula is C15H3BrF8O3. The number of carbonyl (C=O) groups is 1. The molecule has 2 aromatic carbocycles. The third-order valence-corrected chi connectivity index (χ3v) is 3.62. The monoisotopic (exact) mass is 462 g/mol. The molecule has 12 heteroatoms. The van der Waals surface area contributed by atoms with Crippen molar-refractivity contribution in [2.24, 2.45) is 0 Å². The molecule has 0 unspecified atom stereocenters. The van der Waals surface area contributed by atoms with Gasteiger partial charge in [0.2, 0.25) is 52.2 Å². The van der Waals surface area contributed by atoms with Crippen molar-refractivity contribution in [3.63, 3.8) is 0 Å². The molecule has 0 spiro atoms. The van der Waals surface area contributed by atoms with E-state index in [1.165, 1.54) is 0 Å². The van der Waals surface area contributed by atoms with E-state index in [1.807, 2.05) is 0 Å². The second-order valence-corrected chi connectivity index (χ2v) is 5.33. The molecule has 0 bridgehead atoms. The molecule has 144 valence electrons. The molecule has 27 heavy (non-hydrogen) atoms. The highest BCUT2D eigenvalue weighted by Crippen LogP contribution is 2.40. The summed E-state index contributed by atoms with van der Waals surface area (Å²) in [6.07, 6.45) is 0.414. The minimum atomic E-state index is -2.40. The maximum absolute atomic E-state index is 13.9. The summed E-state index contributed by atoms with van der Waals surface area (Å²) in [4.78, 5) is 10.9. The Balaban J connectivity index is 2.66. The van der Waals surface area contributed by atoms with Crippen molar-refractivity contribution >= 4 is 21.9 Å². The molecule has 0 aliphatic heterocycles. The molecule has 0 aliphatic carbocycles. The van der Waals surface area contributed by atoms with E-state index in [4.69, 9.17) is 0 Å². The molecule has 0 saturated carbocycles. The number of esters is 1. The van der Waals surface area contributed by atoms with Gasteiger partial charge in [-0.3, -0.25) is 0 Å². The van der Waals surface area contributed by atoms with Crippen LogP contribution in [0.4, 0.5) is 35.1 Å². The van der Waals surface area contributed by atoms with Crippen molar-refractivity contribution in [3.05, 3.63) is 63.7 Å². The first-order valence-electron chi connectivity index (χ1n) is 6.42. The van der Waals surface area contributed by atoms with Crippen molar-refractivity contribution in [3.8, 4) is 17.2 Å². The van der Waals surface area contributed by atoms with Gasteiger partial charge < -0.3 is 9.47 Å². The van der Waals surface area contributed by atoms with Crippen molar-refractivity contribution < 1.29 is 49.4 Å². The lowest BCUT2D eigenvalue weighted by atomic mass is 10.2. The van der Waals surface area contributed by atoms with Crippen LogP contribution in [0.15, 0.2) is 17.1 Å². The van der Waals surface area contributed by atoms with E-state index >= 15 is 0 Å². The lowest BCUT2D eigenvalue weighted by Crippen LogP contribution is -2.11. The molecule has 0 aliphatic rings.